The molecule has 212 valence electrons. The Morgan fingerprint density at radius 2 is 1.98 bits per heavy atom. The van der Waals surface area contributed by atoms with E-state index in [0.29, 0.717) is 5.92 Å². The van der Waals surface area contributed by atoms with Crippen LogP contribution in [0.2, 0.25) is 0 Å². The number of H-pyrrole nitrogens is 1. The number of hydrogen-bond acceptors (Lipinski definition) is 6. The van der Waals surface area contributed by atoms with Gasteiger partial charge in [0.05, 0.1) is 12.6 Å². The lowest BCUT2D eigenvalue weighted by atomic mass is 9.91. The molecule has 1 unspecified atom stereocenters. The Kier molecular flexibility index (Phi) is 8.32. The fourth-order valence-corrected chi connectivity index (χ4v) is 6.77. The summed E-state index contributed by atoms with van der Waals surface area (Å²) in [4.78, 5) is 21.9. The number of carboxylic acids is 1. The monoisotopic (exact) mass is 542 g/mol. The molecule has 2 saturated heterocycles. The maximum atomic E-state index is 12.0. The van der Waals surface area contributed by atoms with Gasteiger partial charge in [0.1, 0.15) is 5.82 Å². The molecule has 0 saturated carbocycles. The molecule has 0 amide bonds. The van der Waals surface area contributed by atoms with Crippen LogP contribution in [0.5, 0.6) is 0 Å². The molecule has 3 aliphatic rings. The fraction of sp³-hybridized carbons (Fsp3) is 0.531. The van der Waals surface area contributed by atoms with Crippen LogP contribution in [0.4, 0.5) is 11.5 Å². The third-order valence-electron chi connectivity index (χ3n) is 8.99. The molecule has 1 aromatic carbocycles. The average molecular weight is 543 g/mol. The third-order valence-corrected chi connectivity index (χ3v) is 8.99. The summed E-state index contributed by atoms with van der Waals surface area (Å²) >= 11 is 0. The van der Waals surface area contributed by atoms with Gasteiger partial charge < -0.3 is 20.2 Å². The number of benzene rings is 1. The van der Waals surface area contributed by atoms with E-state index in [2.05, 4.69) is 55.6 Å². The second-order valence-corrected chi connectivity index (χ2v) is 11.9. The summed E-state index contributed by atoms with van der Waals surface area (Å²) in [5, 5.41) is 20.4. The Balaban J connectivity index is 1.14. The second kappa shape index (κ2) is 12.4. The van der Waals surface area contributed by atoms with Crippen molar-refractivity contribution in [2.75, 3.05) is 49.5 Å². The number of aromatic nitrogens is 3. The number of pyridine rings is 1. The number of aromatic amines is 1. The quantitative estimate of drug-likeness (QED) is 0.318. The van der Waals surface area contributed by atoms with Crippen LogP contribution in [-0.2, 0) is 17.6 Å². The topological polar surface area (TPSA) is 97.4 Å². The fourth-order valence-electron chi connectivity index (χ4n) is 6.77. The summed E-state index contributed by atoms with van der Waals surface area (Å²) in [5.41, 5.74) is 6.99. The molecule has 3 aliphatic heterocycles. The number of carbonyl (C=O) groups is 1. The van der Waals surface area contributed by atoms with Crippen molar-refractivity contribution in [3.05, 3.63) is 59.5 Å². The number of aliphatic carboxylic acids is 1. The van der Waals surface area contributed by atoms with Crippen molar-refractivity contribution in [1.82, 2.24) is 20.1 Å². The van der Waals surface area contributed by atoms with Gasteiger partial charge in [0, 0.05) is 61.8 Å². The molecule has 5 heterocycles. The lowest BCUT2D eigenvalue weighted by molar-refractivity contribution is -0.137. The van der Waals surface area contributed by atoms with Gasteiger partial charge in [0.15, 0.2) is 0 Å². The van der Waals surface area contributed by atoms with Crippen molar-refractivity contribution in [2.45, 2.75) is 63.7 Å². The Morgan fingerprint density at radius 1 is 1.07 bits per heavy atom. The summed E-state index contributed by atoms with van der Waals surface area (Å²) in [6.45, 7) is 5.96. The molecule has 0 radical (unpaired) electrons. The molecule has 3 N–H and O–H groups in total. The number of aryl methyl sites for hydroxylation is 2. The number of anilines is 2. The number of likely N-dealkylation sites (tertiary alicyclic amines) is 1. The van der Waals surface area contributed by atoms with Crippen molar-refractivity contribution in [2.24, 2.45) is 5.92 Å². The molecule has 2 aromatic heterocycles. The number of piperidine rings is 1. The molecule has 6 rings (SSSR count). The first-order valence-corrected chi connectivity index (χ1v) is 15.2. The first-order chi connectivity index (χ1) is 19.6. The molecule has 8 nitrogen and oxygen atoms in total. The lowest BCUT2D eigenvalue weighted by Crippen LogP contribution is -2.30. The number of carboxylic acid groups (broad SMARTS) is 1. The first-order valence-electron chi connectivity index (χ1n) is 15.2. The van der Waals surface area contributed by atoms with E-state index in [1.807, 2.05) is 12.4 Å². The highest BCUT2D eigenvalue weighted by Crippen LogP contribution is 2.34. The van der Waals surface area contributed by atoms with Gasteiger partial charge in [0.25, 0.3) is 0 Å². The van der Waals surface area contributed by atoms with Gasteiger partial charge >= 0.3 is 5.97 Å². The maximum absolute atomic E-state index is 12.0. The number of nitrogens with one attached hydrogen (secondary N) is 2. The average Bonchev–Trinajstić information content (AvgIpc) is 3.69. The van der Waals surface area contributed by atoms with Gasteiger partial charge in [-0.25, -0.2) is 4.98 Å². The minimum Gasteiger partial charge on any atom is -0.481 e. The van der Waals surface area contributed by atoms with Crippen LogP contribution in [0, 0.1) is 5.92 Å². The molecular formula is C32H42N6O2. The summed E-state index contributed by atoms with van der Waals surface area (Å²) < 4.78 is 0. The van der Waals surface area contributed by atoms with Crippen LogP contribution in [0.1, 0.15) is 67.7 Å². The summed E-state index contributed by atoms with van der Waals surface area (Å²) in [6, 6.07) is 11.1. The van der Waals surface area contributed by atoms with E-state index >= 15 is 0 Å². The molecule has 3 aromatic rings. The summed E-state index contributed by atoms with van der Waals surface area (Å²) in [7, 11) is 0. The predicted octanol–water partition coefficient (Wildman–Crippen LogP) is 5.33. The second-order valence-electron chi connectivity index (χ2n) is 11.9. The standard InChI is InChI=1S/C32H42N6O2/c39-31(40)18-27(25-15-26(28-19-34-35-20-28)17-30(16-25)38-12-2-1-3-13-38)22-37-14-10-23(21-37)6-8-29-9-7-24-5-4-11-33-32(24)36-29/h7,9,15-17,19-20,23,27H,1-6,8,10-14,18,21-22H2,(H,33,36)(H,34,35)(H,39,40)/t23-,27?/m1/s1. The van der Waals surface area contributed by atoms with Gasteiger partial charge in [-0.1, -0.05) is 12.1 Å². The highest BCUT2D eigenvalue weighted by atomic mass is 16.4. The number of hydrogen-bond donors (Lipinski definition) is 3. The van der Waals surface area contributed by atoms with Crippen LogP contribution in [0.15, 0.2) is 42.7 Å². The van der Waals surface area contributed by atoms with E-state index in [1.165, 1.54) is 42.6 Å². The van der Waals surface area contributed by atoms with Crippen molar-refractivity contribution in [3.63, 3.8) is 0 Å². The largest absolute Gasteiger partial charge is 0.481 e. The minimum atomic E-state index is -0.735. The highest BCUT2D eigenvalue weighted by Gasteiger charge is 2.27. The van der Waals surface area contributed by atoms with E-state index in [-0.39, 0.29) is 12.3 Å². The normalized spacial score (nSPS) is 20.2. The maximum Gasteiger partial charge on any atom is 0.304 e. The van der Waals surface area contributed by atoms with E-state index in [9.17, 15) is 9.90 Å². The van der Waals surface area contributed by atoms with Gasteiger partial charge in [-0.15, -0.1) is 0 Å². The van der Waals surface area contributed by atoms with Crippen LogP contribution >= 0.6 is 0 Å². The Bertz CT molecular complexity index is 1290. The zero-order valence-electron chi connectivity index (χ0n) is 23.4. The number of nitrogens with zero attached hydrogens (tertiary/aromatic N) is 4. The Labute approximate surface area is 237 Å². The minimum absolute atomic E-state index is 0.0555. The van der Waals surface area contributed by atoms with Crippen molar-refractivity contribution < 1.29 is 9.90 Å². The predicted molar refractivity (Wildman–Crippen MR) is 159 cm³/mol. The number of rotatable bonds is 10. The summed E-state index contributed by atoms with van der Waals surface area (Å²) in [5.74, 6) is 0.911. The Morgan fingerprint density at radius 3 is 2.80 bits per heavy atom. The van der Waals surface area contributed by atoms with Gasteiger partial charge in [-0.05, 0) is 98.7 Å². The summed E-state index contributed by atoms with van der Waals surface area (Å²) in [6.07, 6.45) is 13.2. The number of fused-ring (bicyclic) bond motifs is 1. The van der Waals surface area contributed by atoms with Gasteiger partial charge in [-0.3, -0.25) is 9.89 Å². The molecule has 0 aliphatic carbocycles. The molecule has 0 spiro atoms. The van der Waals surface area contributed by atoms with Crippen LogP contribution < -0.4 is 10.2 Å². The Hall–Kier alpha value is -3.39. The first kappa shape index (κ1) is 26.8. The third kappa shape index (κ3) is 6.49. The van der Waals surface area contributed by atoms with Crippen molar-refractivity contribution in [1.29, 1.82) is 0 Å². The van der Waals surface area contributed by atoms with Crippen molar-refractivity contribution in [3.8, 4) is 11.1 Å². The van der Waals surface area contributed by atoms with E-state index in [1.54, 1.807) is 0 Å². The molecule has 8 heteroatoms. The zero-order chi connectivity index (χ0) is 27.3. The van der Waals surface area contributed by atoms with Crippen LogP contribution in [0.3, 0.4) is 0 Å². The molecule has 2 atom stereocenters. The molecule has 0 bridgehead atoms. The van der Waals surface area contributed by atoms with Crippen molar-refractivity contribution >= 4 is 17.5 Å². The van der Waals surface area contributed by atoms with Gasteiger partial charge in [-0.2, -0.15) is 5.10 Å². The lowest BCUT2D eigenvalue weighted by Gasteiger charge is -2.31. The van der Waals surface area contributed by atoms with E-state index in [4.69, 9.17) is 4.98 Å². The van der Waals surface area contributed by atoms with Crippen LogP contribution in [-0.4, -0.2) is 70.4 Å². The van der Waals surface area contributed by atoms with Crippen LogP contribution in [0.25, 0.3) is 11.1 Å². The highest BCUT2D eigenvalue weighted by molar-refractivity contribution is 5.71. The SMILES string of the molecule is O=C(O)CC(CN1CC[C@@H](CCc2ccc3c(n2)NCCC3)C1)c1cc(-c2cn[nH]c2)cc(N2CCCCC2)c1. The molecule has 2 fully saturated rings. The van der Waals surface area contributed by atoms with Gasteiger partial charge in [0.2, 0.25) is 0 Å². The zero-order valence-corrected chi connectivity index (χ0v) is 23.4. The molecule has 40 heavy (non-hydrogen) atoms. The van der Waals surface area contributed by atoms with E-state index in [0.717, 1.165) is 87.5 Å². The smallest absolute Gasteiger partial charge is 0.304 e. The van der Waals surface area contributed by atoms with E-state index < -0.39 is 5.97 Å². The molecular weight excluding hydrogens is 500 g/mol.